The van der Waals surface area contributed by atoms with Gasteiger partial charge in [0, 0.05) is 79.2 Å². The molecule has 0 unspecified atom stereocenters. The minimum atomic E-state index is -0.588. The number of hydrogen-bond acceptors (Lipinski definition) is 8. The molecule has 7 N–H and O–H groups in total. The highest BCUT2D eigenvalue weighted by Gasteiger charge is 2.20. The molecule has 0 radical (unpaired) electrons. The zero-order valence-electron chi connectivity index (χ0n) is 29.2. The summed E-state index contributed by atoms with van der Waals surface area (Å²) < 4.78 is 6.28. The van der Waals surface area contributed by atoms with Crippen molar-refractivity contribution in [2.24, 2.45) is 33.2 Å². The molecule has 4 aromatic heterocycles. The van der Waals surface area contributed by atoms with Gasteiger partial charge in [0.1, 0.15) is 22.8 Å². The summed E-state index contributed by atoms with van der Waals surface area (Å²) in [6.45, 7) is 6.20. The van der Waals surface area contributed by atoms with Crippen molar-refractivity contribution in [2.75, 3.05) is 47.4 Å². The molecule has 0 saturated carbocycles. The smallest absolute Gasteiger partial charge is 0.272 e. The molecule has 5 amide bonds. The summed E-state index contributed by atoms with van der Waals surface area (Å²) in [6.07, 6.45) is 8.10. The number of aryl methyl sites for hydroxylation is 4. The number of halogens is 1. The molecule has 0 spiro atoms. The highest BCUT2D eigenvalue weighted by Crippen LogP contribution is 2.21. The molecule has 5 heterocycles. The molecule has 52 heavy (non-hydrogen) atoms. The normalized spacial score (nSPS) is 12.3. The lowest BCUT2D eigenvalue weighted by molar-refractivity contribution is -0.112. The van der Waals surface area contributed by atoms with Crippen LogP contribution in [0.1, 0.15) is 54.8 Å². The molecule has 17 nitrogen and oxygen atoms in total. The maximum absolute atomic E-state index is 13.2. The van der Waals surface area contributed by atoms with Gasteiger partial charge >= 0.3 is 0 Å². The molecule has 1 aliphatic heterocycles. The molecule has 4 aromatic rings. The van der Waals surface area contributed by atoms with Crippen LogP contribution in [0.2, 0.25) is 0 Å². The molecular weight excluding hydrogens is 692 g/mol. The number of aliphatic imine (C=N–C) groups is 1. The Morgan fingerprint density at radius 2 is 1.12 bits per heavy atom. The number of carbonyl (C=O) groups excluding carboxylic acids is 5. The topological polar surface area (TPSA) is 202 Å². The van der Waals surface area contributed by atoms with Crippen LogP contribution < -0.4 is 37.2 Å². The summed E-state index contributed by atoms with van der Waals surface area (Å²) in [7, 11) is 6.68. The van der Waals surface area contributed by atoms with Crippen molar-refractivity contribution in [1.82, 2.24) is 34.2 Å². The first kappa shape index (κ1) is 37.0. The van der Waals surface area contributed by atoms with Crippen molar-refractivity contribution >= 4 is 69.8 Å². The van der Waals surface area contributed by atoms with E-state index in [4.69, 9.17) is 11.6 Å². The molecule has 0 saturated heterocycles. The number of nitrogens with zero attached hydrogens (tertiary/aromatic N) is 5. The van der Waals surface area contributed by atoms with E-state index in [2.05, 4.69) is 48.8 Å². The van der Waals surface area contributed by atoms with Gasteiger partial charge in [0.15, 0.2) is 5.96 Å². The van der Waals surface area contributed by atoms with E-state index in [1.165, 1.54) is 22.8 Å². The van der Waals surface area contributed by atoms with E-state index in [1.54, 1.807) is 72.7 Å². The number of anilines is 4. The molecule has 0 fully saturated rings. The Morgan fingerprint density at radius 1 is 0.692 bits per heavy atom. The first-order valence-electron chi connectivity index (χ1n) is 16.3. The maximum atomic E-state index is 13.2. The standard InChI is InChI=1S/C34H41ClN12O5/c1-20(35)29(48)40-21-13-26(45(3)16-21)31(50)42-23-15-28(47(5)18-23)33(52)43-24-14-27(46(4)19-24)32(51)41-22-12-25(44(2)17-22)30(49)36-8-6-9-37-34-38-10-7-11-39-34/h12-19H,1,6-11H2,2-5H3,(H,36,49)(H,40,48)(H,41,51)(H,42,50)(H,43,52)(H2,37,38,39). The summed E-state index contributed by atoms with van der Waals surface area (Å²) in [6, 6.07) is 6.12. The second-order valence-electron chi connectivity index (χ2n) is 12.2. The van der Waals surface area contributed by atoms with Crippen LogP contribution >= 0.6 is 11.6 Å². The fourth-order valence-corrected chi connectivity index (χ4v) is 5.50. The van der Waals surface area contributed by atoms with Crippen molar-refractivity contribution in [1.29, 1.82) is 0 Å². The molecular formula is C34H41ClN12O5. The third kappa shape index (κ3) is 9.11. The lowest BCUT2D eigenvalue weighted by atomic mass is 10.3. The van der Waals surface area contributed by atoms with E-state index < -0.39 is 23.6 Å². The fourth-order valence-electron chi connectivity index (χ4n) is 5.46. The minimum Gasteiger partial charge on any atom is -0.356 e. The van der Waals surface area contributed by atoms with Gasteiger partial charge in [-0.05, 0) is 37.1 Å². The van der Waals surface area contributed by atoms with Crippen LogP contribution in [0.25, 0.3) is 0 Å². The highest BCUT2D eigenvalue weighted by atomic mass is 35.5. The van der Waals surface area contributed by atoms with Crippen molar-refractivity contribution < 1.29 is 24.0 Å². The largest absolute Gasteiger partial charge is 0.356 e. The Morgan fingerprint density at radius 3 is 1.52 bits per heavy atom. The zero-order valence-corrected chi connectivity index (χ0v) is 30.0. The monoisotopic (exact) mass is 732 g/mol. The Hall–Kier alpha value is -6.23. The average Bonchev–Trinajstić information content (AvgIpc) is 3.86. The Bertz CT molecular complexity index is 2070. The maximum Gasteiger partial charge on any atom is 0.272 e. The Balaban J connectivity index is 1.14. The SMILES string of the molecule is C=C(Cl)C(=O)Nc1cc(C(=O)Nc2cc(C(=O)Nc3cc(C(=O)Nc4cc(C(=O)NCCCNC5=NCCCN5)n(C)c4)n(C)c3)n(C)c2)n(C)c1. The Kier molecular flexibility index (Phi) is 11.5. The van der Waals surface area contributed by atoms with Crippen LogP contribution in [0.15, 0.2) is 65.7 Å². The number of rotatable bonds is 13. The van der Waals surface area contributed by atoms with Crippen molar-refractivity contribution in [3.8, 4) is 0 Å². The van der Waals surface area contributed by atoms with E-state index in [9.17, 15) is 24.0 Å². The number of nitrogens with one attached hydrogen (secondary N) is 7. The predicted octanol–water partition coefficient (Wildman–Crippen LogP) is 2.55. The molecule has 0 aliphatic carbocycles. The van der Waals surface area contributed by atoms with Gasteiger partial charge in [-0.2, -0.15) is 0 Å². The Labute approximate surface area is 304 Å². The predicted molar refractivity (Wildman–Crippen MR) is 199 cm³/mol. The molecule has 18 heteroatoms. The van der Waals surface area contributed by atoms with E-state index in [0.717, 1.165) is 25.5 Å². The summed E-state index contributed by atoms with van der Waals surface area (Å²) >= 11 is 5.62. The molecule has 1 aliphatic rings. The van der Waals surface area contributed by atoms with Crippen LogP contribution in [-0.2, 0) is 33.0 Å². The van der Waals surface area contributed by atoms with Crippen LogP contribution in [0.4, 0.5) is 22.7 Å². The van der Waals surface area contributed by atoms with E-state index in [0.29, 0.717) is 48.0 Å². The van der Waals surface area contributed by atoms with Crippen LogP contribution in [0, 0.1) is 0 Å². The van der Waals surface area contributed by atoms with Gasteiger partial charge < -0.3 is 55.5 Å². The highest BCUT2D eigenvalue weighted by molar-refractivity contribution is 6.43. The molecule has 0 bridgehead atoms. The quantitative estimate of drug-likeness (QED) is 0.0809. The number of aromatic nitrogens is 4. The number of carbonyl (C=O) groups is 5. The van der Waals surface area contributed by atoms with Gasteiger partial charge in [-0.3, -0.25) is 29.0 Å². The third-order valence-corrected chi connectivity index (χ3v) is 8.23. The van der Waals surface area contributed by atoms with Crippen LogP contribution in [0.3, 0.4) is 0 Å². The second-order valence-corrected chi connectivity index (χ2v) is 12.6. The first-order chi connectivity index (χ1) is 24.8. The minimum absolute atomic E-state index is 0.192. The summed E-state index contributed by atoms with van der Waals surface area (Å²) in [4.78, 5) is 68.4. The first-order valence-corrected chi connectivity index (χ1v) is 16.7. The lowest BCUT2D eigenvalue weighted by Gasteiger charge is -2.15. The number of guanidine groups is 1. The van der Waals surface area contributed by atoms with E-state index in [-0.39, 0.29) is 28.0 Å². The molecule has 5 rings (SSSR count). The van der Waals surface area contributed by atoms with Crippen molar-refractivity contribution in [2.45, 2.75) is 12.8 Å². The molecule has 0 aromatic carbocycles. The third-order valence-electron chi connectivity index (χ3n) is 8.06. The van der Waals surface area contributed by atoms with Crippen molar-refractivity contribution in [3.05, 3.63) is 83.4 Å². The van der Waals surface area contributed by atoms with E-state index in [1.807, 2.05) is 0 Å². The van der Waals surface area contributed by atoms with Crippen LogP contribution in [-0.4, -0.2) is 79.9 Å². The molecule has 274 valence electrons. The summed E-state index contributed by atoms with van der Waals surface area (Å²) in [5.74, 6) is -1.45. The van der Waals surface area contributed by atoms with Gasteiger partial charge in [-0.15, -0.1) is 0 Å². The fraction of sp³-hybridized carbons (Fsp3) is 0.294. The van der Waals surface area contributed by atoms with E-state index >= 15 is 0 Å². The van der Waals surface area contributed by atoms with Gasteiger partial charge in [0.25, 0.3) is 29.5 Å². The summed E-state index contributed by atoms with van der Waals surface area (Å²) in [5.41, 5.74) is 2.67. The number of amides is 5. The number of hydrogen-bond donors (Lipinski definition) is 7. The average molecular weight is 733 g/mol. The van der Waals surface area contributed by atoms with Crippen molar-refractivity contribution in [3.63, 3.8) is 0 Å². The lowest BCUT2D eigenvalue weighted by Crippen LogP contribution is -2.41. The second kappa shape index (κ2) is 16.2. The van der Waals surface area contributed by atoms with Crippen LogP contribution in [0.5, 0.6) is 0 Å². The zero-order chi connectivity index (χ0) is 37.5. The van der Waals surface area contributed by atoms with Gasteiger partial charge in [-0.1, -0.05) is 18.2 Å². The van der Waals surface area contributed by atoms with Gasteiger partial charge in [0.2, 0.25) is 0 Å². The van der Waals surface area contributed by atoms with Gasteiger partial charge in [0.05, 0.1) is 27.8 Å². The molecule has 0 atom stereocenters. The van der Waals surface area contributed by atoms with Gasteiger partial charge in [-0.25, -0.2) is 0 Å². The summed E-state index contributed by atoms with van der Waals surface area (Å²) in [5, 5.41) is 20.0.